The van der Waals surface area contributed by atoms with Crippen molar-refractivity contribution in [2.75, 3.05) is 6.54 Å². The molecule has 1 aliphatic heterocycles. The molecule has 3 aromatic rings. The van der Waals surface area contributed by atoms with Gasteiger partial charge in [0, 0.05) is 31.4 Å². The highest BCUT2D eigenvalue weighted by Gasteiger charge is 2.27. The lowest BCUT2D eigenvalue weighted by Gasteiger charge is -2.29. The summed E-state index contributed by atoms with van der Waals surface area (Å²) in [6, 6.07) is 9.16. The van der Waals surface area contributed by atoms with Crippen LogP contribution in [0.1, 0.15) is 29.6 Å². The maximum atomic E-state index is 12.7. The van der Waals surface area contributed by atoms with Crippen LogP contribution in [0.5, 0.6) is 0 Å². The molecule has 0 saturated carbocycles. The number of hydrogen-bond acceptors (Lipinski definition) is 6. The highest BCUT2D eigenvalue weighted by atomic mass is 32.1. The van der Waals surface area contributed by atoms with Crippen LogP contribution in [0.25, 0.3) is 10.9 Å². The van der Waals surface area contributed by atoms with E-state index in [1.807, 2.05) is 17.5 Å². The number of esters is 1. The van der Waals surface area contributed by atoms with E-state index < -0.39 is 12.1 Å². The first-order chi connectivity index (χ1) is 14.4. The van der Waals surface area contributed by atoms with Crippen molar-refractivity contribution in [1.82, 2.24) is 14.5 Å². The average Bonchev–Trinajstić information content (AvgIpc) is 3.22. The molecule has 4 rings (SSSR count). The minimum atomic E-state index is -0.842. The number of carbonyl (C=O) groups is 2. The van der Waals surface area contributed by atoms with E-state index in [4.69, 9.17) is 4.74 Å². The normalized spacial score (nSPS) is 14.4. The van der Waals surface area contributed by atoms with E-state index in [0.29, 0.717) is 29.8 Å². The summed E-state index contributed by atoms with van der Waals surface area (Å²) in [5, 5.41) is 2.58. The lowest BCUT2D eigenvalue weighted by molar-refractivity contribution is -0.159. The molecule has 0 radical (unpaired) electrons. The van der Waals surface area contributed by atoms with Crippen LogP contribution in [0.3, 0.4) is 0 Å². The van der Waals surface area contributed by atoms with Crippen LogP contribution >= 0.6 is 11.3 Å². The smallest absolute Gasteiger partial charge is 0.307 e. The number of nitrogens with zero attached hydrogens (tertiary/aromatic N) is 3. The van der Waals surface area contributed by atoms with Crippen LogP contribution < -0.4 is 5.56 Å². The van der Waals surface area contributed by atoms with Gasteiger partial charge in [0.15, 0.2) is 6.10 Å². The average molecular weight is 426 g/mol. The van der Waals surface area contributed by atoms with E-state index in [1.54, 1.807) is 48.4 Å². The fourth-order valence-corrected chi connectivity index (χ4v) is 4.59. The zero-order chi connectivity index (χ0) is 21.3. The second kappa shape index (κ2) is 8.39. The number of thiophene rings is 1. The Morgan fingerprint density at radius 1 is 1.27 bits per heavy atom. The Hall–Kier alpha value is -3.00. The molecule has 0 saturated heterocycles. The summed E-state index contributed by atoms with van der Waals surface area (Å²) < 4.78 is 6.83. The van der Waals surface area contributed by atoms with Crippen LogP contribution in [-0.4, -0.2) is 39.0 Å². The Morgan fingerprint density at radius 3 is 2.90 bits per heavy atom. The van der Waals surface area contributed by atoms with Crippen LogP contribution in [0.2, 0.25) is 0 Å². The monoisotopic (exact) mass is 425 g/mol. The van der Waals surface area contributed by atoms with Crippen LogP contribution in [0, 0.1) is 0 Å². The Labute approximate surface area is 177 Å². The number of amides is 1. The van der Waals surface area contributed by atoms with Gasteiger partial charge in [0.1, 0.15) is 5.82 Å². The van der Waals surface area contributed by atoms with Crippen molar-refractivity contribution in [2.45, 2.75) is 38.8 Å². The Morgan fingerprint density at radius 2 is 2.07 bits per heavy atom. The number of ether oxygens (including phenoxy) is 1. The van der Waals surface area contributed by atoms with Crippen molar-refractivity contribution in [3.05, 3.63) is 62.3 Å². The van der Waals surface area contributed by atoms with Gasteiger partial charge in [-0.25, -0.2) is 4.98 Å². The van der Waals surface area contributed by atoms with Crippen molar-refractivity contribution >= 4 is 34.1 Å². The summed E-state index contributed by atoms with van der Waals surface area (Å²) in [6.07, 6.45) is 0.302. The van der Waals surface area contributed by atoms with Gasteiger partial charge < -0.3 is 9.64 Å². The number of aryl methyl sites for hydroxylation is 1. The summed E-state index contributed by atoms with van der Waals surface area (Å²) in [7, 11) is 1.64. The predicted octanol–water partition coefficient (Wildman–Crippen LogP) is 2.44. The molecular formula is C22H23N3O4S. The molecule has 2 aromatic heterocycles. The zero-order valence-electron chi connectivity index (χ0n) is 17.0. The lowest BCUT2D eigenvalue weighted by Crippen LogP contribution is -2.42. The van der Waals surface area contributed by atoms with Gasteiger partial charge in [-0.2, -0.15) is 0 Å². The number of benzene rings is 1. The third kappa shape index (κ3) is 4.00. The maximum Gasteiger partial charge on any atom is 0.307 e. The van der Waals surface area contributed by atoms with Gasteiger partial charge in [0.2, 0.25) is 0 Å². The van der Waals surface area contributed by atoms with Crippen molar-refractivity contribution in [3.63, 3.8) is 0 Å². The van der Waals surface area contributed by atoms with Gasteiger partial charge >= 0.3 is 5.97 Å². The van der Waals surface area contributed by atoms with Crippen molar-refractivity contribution in [2.24, 2.45) is 7.05 Å². The van der Waals surface area contributed by atoms with Crippen LogP contribution in [-0.2, 0) is 40.8 Å². The molecule has 1 unspecified atom stereocenters. The first kappa shape index (κ1) is 20.3. The highest BCUT2D eigenvalue weighted by Crippen LogP contribution is 2.24. The molecule has 1 aromatic carbocycles. The molecule has 0 N–H and O–H groups in total. The lowest BCUT2D eigenvalue weighted by atomic mass is 10.1. The fourth-order valence-electron chi connectivity index (χ4n) is 3.70. The minimum absolute atomic E-state index is 0.0465. The number of rotatable bonds is 5. The second-order valence-corrected chi connectivity index (χ2v) is 8.42. The first-order valence-corrected chi connectivity index (χ1v) is 10.8. The van der Waals surface area contributed by atoms with Crippen molar-refractivity contribution in [1.29, 1.82) is 0 Å². The standard InChI is InChI=1S/C22H23N3O4S/c1-14(21(27)25-11-9-18-15(13-25)10-12-30-18)29-20(26)8-7-19-23-17-6-4-3-5-16(17)22(28)24(19)2/h3-6,10,12,14H,7-9,11,13H2,1-2H3. The van der Waals surface area contributed by atoms with E-state index in [9.17, 15) is 14.4 Å². The van der Waals surface area contributed by atoms with E-state index in [0.717, 1.165) is 6.42 Å². The predicted molar refractivity (Wildman–Crippen MR) is 114 cm³/mol. The zero-order valence-corrected chi connectivity index (χ0v) is 17.8. The molecule has 7 nitrogen and oxygen atoms in total. The third-order valence-corrected chi connectivity index (χ3v) is 6.43. The number of hydrogen-bond donors (Lipinski definition) is 0. The number of aromatic nitrogens is 2. The SMILES string of the molecule is CC(OC(=O)CCc1nc2ccccc2c(=O)n1C)C(=O)N1CCc2sccc2C1. The molecule has 0 bridgehead atoms. The first-order valence-electron chi connectivity index (χ1n) is 9.92. The molecule has 0 aliphatic carbocycles. The molecule has 1 amide bonds. The van der Waals surface area contributed by atoms with Crippen LogP contribution in [0.15, 0.2) is 40.5 Å². The van der Waals surface area contributed by atoms with E-state index in [2.05, 4.69) is 4.98 Å². The van der Waals surface area contributed by atoms with Gasteiger partial charge in [-0.1, -0.05) is 12.1 Å². The van der Waals surface area contributed by atoms with E-state index in [1.165, 1.54) is 15.0 Å². The van der Waals surface area contributed by atoms with Gasteiger partial charge in [-0.05, 0) is 42.5 Å². The Kier molecular flexibility index (Phi) is 5.67. The quantitative estimate of drug-likeness (QED) is 0.587. The molecule has 156 valence electrons. The third-order valence-electron chi connectivity index (χ3n) is 5.40. The Bertz CT molecular complexity index is 1170. The van der Waals surface area contributed by atoms with Gasteiger partial charge in [0.25, 0.3) is 11.5 Å². The number of carbonyl (C=O) groups excluding carboxylic acids is 2. The largest absolute Gasteiger partial charge is 0.453 e. The molecule has 0 spiro atoms. The van der Waals surface area contributed by atoms with Crippen molar-refractivity contribution in [3.8, 4) is 0 Å². The van der Waals surface area contributed by atoms with Gasteiger partial charge in [-0.3, -0.25) is 19.0 Å². The summed E-state index contributed by atoms with van der Waals surface area (Å²) >= 11 is 1.71. The fraction of sp³-hybridized carbons (Fsp3) is 0.364. The van der Waals surface area contributed by atoms with Crippen molar-refractivity contribution < 1.29 is 14.3 Å². The molecule has 30 heavy (non-hydrogen) atoms. The topological polar surface area (TPSA) is 81.5 Å². The molecule has 1 atom stereocenters. The maximum absolute atomic E-state index is 12.7. The number of para-hydroxylation sites is 1. The molecular weight excluding hydrogens is 402 g/mol. The molecule has 1 aliphatic rings. The minimum Gasteiger partial charge on any atom is -0.453 e. The van der Waals surface area contributed by atoms with E-state index >= 15 is 0 Å². The summed E-state index contributed by atoms with van der Waals surface area (Å²) in [4.78, 5) is 45.0. The molecule has 8 heteroatoms. The molecule has 3 heterocycles. The van der Waals surface area contributed by atoms with Crippen LogP contribution in [0.4, 0.5) is 0 Å². The number of fused-ring (bicyclic) bond motifs is 2. The Balaban J connectivity index is 1.36. The van der Waals surface area contributed by atoms with Gasteiger partial charge in [0.05, 0.1) is 17.3 Å². The van der Waals surface area contributed by atoms with Gasteiger partial charge in [-0.15, -0.1) is 11.3 Å². The van der Waals surface area contributed by atoms with E-state index in [-0.39, 0.29) is 24.3 Å². The molecule has 0 fully saturated rings. The highest BCUT2D eigenvalue weighted by molar-refractivity contribution is 7.10. The summed E-state index contributed by atoms with van der Waals surface area (Å²) in [5.74, 6) is -0.154. The summed E-state index contributed by atoms with van der Waals surface area (Å²) in [5.41, 5.74) is 1.62. The summed E-state index contributed by atoms with van der Waals surface area (Å²) in [6.45, 7) is 2.80. The second-order valence-electron chi connectivity index (χ2n) is 7.42.